The lowest BCUT2D eigenvalue weighted by atomic mass is 10.2. The fourth-order valence-electron chi connectivity index (χ4n) is 1.62. The van der Waals surface area contributed by atoms with E-state index in [1.807, 2.05) is 0 Å². The molecule has 0 saturated carbocycles. The maximum atomic E-state index is 12.6. The Morgan fingerprint density at radius 2 is 1.73 bits per heavy atom. The van der Waals surface area contributed by atoms with E-state index in [2.05, 4.69) is 15.3 Å². The SMILES string of the molecule is O=C(O)c1nccnc1C(=O)Nc1cccc(C(F)(F)F)c1. The van der Waals surface area contributed by atoms with Gasteiger partial charge in [0.25, 0.3) is 5.91 Å². The number of halogens is 3. The van der Waals surface area contributed by atoms with Crippen molar-refractivity contribution >= 4 is 17.6 Å². The first-order valence-corrected chi connectivity index (χ1v) is 5.82. The van der Waals surface area contributed by atoms with Crippen molar-refractivity contribution in [3.05, 3.63) is 53.6 Å². The molecule has 2 N–H and O–H groups in total. The quantitative estimate of drug-likeness (QED) is 0.908. The van der Waals surface area contributed by atoms with E-state index in [0.717, 1.165) is 30.6 Å². The number of carbonyl (C=O) groups excluding carboxylic acids is 1. The predicted molar refractivity (Wildman–Crippen MR) is 68.4 cm³/mol. The van der Waals surface area contributed by atoms with Crippen LogP contribution in [0.1, 0.15) is 26.5 Å². The predicted octanol–water partition coefficient (Wildman–Crippen LogP) is 2.45. The number of hydrogen-bond donors (Lipinski definition) is 2. The number of nitrogens with zero attached hydrogens (tertiary/aromatic N) is 2. The summed E-state index contributed by atoms with van der Waals surface area (Å²) in [6.45, 7) is 0. The van der Waals surface area contributed by atoms with E-state index in [9.17, 15) is 22.8 Å². The molecule has 0 unspecified atom stereocenters. The van der Waals surface area contributed by atoms with E-state index in [1.165, 1.54) is 6.07 Å². The summed E-state index contributed by atoms with van der Waals surface area (Å²) in [6.07, 6.45) is -2.36. The molecular weight excluding hydrogens is 303 g/mol. The van der Waals surface area contributed by atoms with Crippen molar-refractivity contribution in [2.24, 2.45) is 0 Å². The van der Waals surface area contributed by atoms with E-state index >= 15 is 0 Å². The van der Waals surface area contributed by atoms with Crippen molar-refractivity contribution in [2.45, 2.75) is 6.18 Å². The molecule has 1 aromatic heterocycles. The van der Waals surface area contributed by atoms with Crippen LogP contribution in [0.25, 0.3) is 0 Å². The molecule has 1 heterocycles. The first-order chi connectivity index (χ1) is 10.3. The van der Waals surface area contributed by atoms with E-state index in [-0.39, 0.29) is 5.69 Å². The standard InChI is InChI=1S/C13H8F3N3O3/c14-13(15,16)7-2-1-3-8(6-7)19-11(20)9-10(12(21)22)18-5-4-17-9/h1-6H,(H,19,20)(H,21,22). The van der Waals surface area contributed by atoms with Crippen molar-refractivity contribution in [3.8, 4) is 0 Å². The summed E-state index contributed by atoms with van der Waals surface area (Å²) in [7, 11) is 0. The minimum absolute atomic E-state index is 0.137. The van der Waals surface area contributed by atoms with E-state index in [4.69, 9.17) is 5.11 Å². The summed E-state index contributed by atoms with van der Waals surface area (Å²) in [5.74, 6) is -2.44. The summed E-state index contributed by atoms with van der Waals surface area (Å²) >= 11 is 0. The zero-order valence-corrected chi connectivity index (χ0v) is 10.8. The van der Waals surface area contributed by atoms with Crippen molar-refractivity contribution < 1.29 is 27.9 Å². The summed E-state index contributed by atoms with van der Waals surface area (Å²) in [4.78, 5) is 30.0. The second kappa shape index (κ2) is 5.80. The van der Waals surface area contributed by atoms with E-state index in [0.29, 0.717) is 0 Å². The highest BCUT2D eigenvalue weighted by Gasteiger charge is 2.30. The average Bonchev–Trinajstić information content (AvgIpc) is 2.46. The Morgan fingerprint density at radius 3 is 2.32 bits per heavy atom. The molecule has 1 aromatic carbocycles. The van der Waals surface area contributed by atoms with E-state index in [1.54, 1.807) is 0 Å². The molecule has 0 spiro atoms. The first-order valence-electron chi connectivity index (χ1n) is 5.82. The van der Waals surface area contributed by atoms with Gasteiger partial charge in [0.15, 0.2) is 11.4 Å². The van der Waals surface area contributed by atoms with Gasteiger partial charge in [-0.1, -0.05) is 6.07 Å². The van der Waals surface area contributed by atoms with Crippen LogP contribution >= 0.6 is 0 Å². The van der Waals surface area contributed by atoms with Crippen molar-refractivity contribution in [1.82, 2.24) is 9.97 Å². The summed E-state index contributed by atoms with van der Waals surface area (Å²) in [6, 6.07) is 3.94. The van der Waals surface area contributed by atoms with Crippen molar-refractivity contribution in [2.75, 3.05) is 5.32 Å². The molecule has 0 aliphatic carbocycles. The van der Waals surface area contributed by atoms with Gasteiger partial charge in [-0.15, -0.1) is 0 Å². The van der Waals surface area contributed by atoms with Crippen LogP contribution in [-0.4, -0.2) is 27.0 Å². The lowest BCUT2D eigenvalue weighted by Gasteiger charge is -2.10. The third-order valence-corrected chi connectivity index (χ3v) is 2.56. The van der Waals surface area contributed by atoms with Gasteiger partial charge in [0, 0.05) is 18.1 Å². The molecule has 0 radical (unpaired) electrons. The Balaban J connectivity index is 2.29. The number of rotatable bonds is 3. The van der Waals surface area contributed by atoms with Crippen molar-refractivity contribution in [3.63, 3.8) is 0 Å². The number of carbonyl (C=O) groups is 2. The first kappa shape index (κ1) is 15.4. The van der Waals surface area contributed by atoms with Gasteiger partial charge in [0.05, 0.1) is 5.56 Å². The zero-order valence-electron chi connectivity index (χ0n) is 10.8. The molecular formula is C13H8F3N3O3. The van der Waals surface area contributed by atoms with Crippen LogP contribution in [0, 0.1) is 0 Å². The number of amides is 1. The number of nitrogens with one attached hydrogen (secondary N) is 1. The van der Waals surface area contributed by atoms with Gasteiger partial charge in [0.1, 0.15) is 0 Å². The molecule has 0 saturated heterocycles. The molecule has 0 aliphatic heterocycles. The second-order valence-electron chi connectivity index (χ2n) is 4.09. The smallest absolute Gasteiger partial charge is 0.416 e. The van der Waals surface area contributed by atoms with Gasteiger partial charge in [0.2, 0.25) is 0 Å². The maximum absolute atomic E-state index is 12.6. The lowest BCUT2D eigenvalue weighted by Crippen LogP contribution is -2.19. The Labute approximate surface area is 121 Å². The van der Waals surface area contributed by atoms with E-state index < -0.39 is 35.0 Å². The topological polar surface area (TPSA) is 92.2 Å². The van der Waals surface area contributed by atoms with Crippen molar-refractivity contribution in [1.29, 1.82) is 0 Å². The number of carboxylic acid groups (broad SMARTS) is 1. The molecule has 0 atom stereocenters. The monoisotopic (exact) mass is 311 g/mol. The number of hydrogen-bond acceptors (Lipinski definition) is 4. The molecule has 6 nitrogen and oxygen atoms in total. The van der Waals surface area contributed by atoms with Crippen LogP contribution < -0.4 is 5.32 Å². The summed E-state index contributed by atoms with van der Waals surface area (Å²) in [5, 5.41) is 11.1. The fraction of sp³-hybridized carbons (Fsp3) is 0.0769. The molecule has 2 rings (SSSR count). The molecule has 22 heavy (non-hydrogen) atoms. The molecule has 2 aromatic rings. The highest BCUT2D eigenvalue weighted by molar-refractivity contribution is 6.08. The Hall–Kier alpha value is -2.97. The third kappa shape index (κ3) is 3.37. The van der Waals surface area contributed by atoms with Crippen LogP contribution in [0.4, 0.5) is 18.9 Å². The zero-order chi connectivity index (χ0) is 16.3. The summed E-state index contributed by atoms with van der Waals surface area (Å²) in [5.41, 5.74) is -2.16. The molecule has 114 valence electrons. The molecule has 1 amide bonds. The van der Waals surface area contributed by atoms with Crippen LogP contribution in [0.5, 0.6) is 0 Å². The minimum Gasteiger partial charge on any atom is -0.476 e. The maximum Gasteiger partial charge on any atom is 0.416 e. The van der Waals surface area contributed by atoms with Gasteiger partial charge in [-0.25, -0.2) is 14.8 Å². The minimum atomic E-state index is -4.56. The number of carboxylic acids is 1. The number of aromatic carboxylic acids is 1. The molecule has 9 heteroatoms. The van der Waals surface area contributed by atoms with Gasteiger partial charge in [-0.2, -0.15) is 13.2 Å². The lowest BCUT2D eigenvalue weighted by molar-refractivity contribution is -0.137. The fourth-order valence-corrected chi connectivity index (χ4v) is 1.62. The highest BCUT2D eigenvalue weighted by Crippen LogP contribution is 2.30. The molecule has 0 aliphatic rings. The molecule has 0 bridgehead atoms. The highest BCUT2D eigenvalue weighted by atomic mass is 19.4. The number of anilines is 1. The van der Waals surface area contributed by atoms with Crippen LogP contribution in [0.15, 0.2) is 36.7 Å². The van der Waals surface area contributed by atoms with Crippen LogP contribution in [0.3, 0.4) is 0 Å². The van der Waals surface area contributed by atoms with Crippen LogP contribution in [-0.2, 0) is 6.18 Å². The van der Waals surface area contributed by atoms with Gasteiger partial charge < -0.3 is 10.4 Å². The second-order valence-corrected chi connectivity index (χ2v) is 4.09. The number of benzene rings is 1. The Kier molecular flexibility index (Phi) is 4.06. The largest absolute Gasteiger partial charge is 0.476 e. The normalized spacial score (nSPS) is 11.0. The van der Waals surface area contributed by atoms with Gasteiger partial charge >= 0.3 is 12.1 Å². The van der Waals surface area contributed by atoms with Gasteiger partial charge in [-0.05, 0) is 18.2 Å². The third-order valence-electron chi connectivity index (χ3n) is 2.56. The van der Waals surface area contributed by atoms with Gasteiger partial charge in [-0.3, -0.25) is 4.79 Å². The Bertz CT molecular complexity index is 732. The number of alkyl halides is 3. The Morgan fingerprint density at radius 1 is 1.09 bits per heavy atom. The van der Waals surface area contributed by atoms with Crippen LogP contribution in [0.2, 0.25) is 0 Å². The number of aromatic nitrogens is 2. The average molecular weight is 311 g/mol. The molecule has 0 fully saturated rings. The summed E-state index contributed by atoms with van der Waals surface area (Å²) < 4.78 is 37.8.